The molecule has 6 nitrogen and oxygen atoms in total. The molecule has 2 aromatic carbocycles. The summed E-state index contributed by atoms with van der Waals surface area (Å²) in [5.41, 5.74) is 4.51. The lowest BCUT2D eigenvalue weighted by Crippen LogP contribution is -1.98. The van der Waals surface area contributed by atoms with Crippen molar-refractivity contribution in [1.29, 1.82) is 0 Å². The zero-order chi connectivity index (χ0) is 17.4. The Balaban J connectivity index is 1.90. The van der Waals surface area contributed by atoms with Gasteiger partial charge >= 0.3 is 0 Å². The summed E-state index contributed by atoms with van der Waals surface area (Å²) in [4.78, 5) is 12.6. The van der Waals surface area contributed by atoms with Gasteiger partial charge in [-0.2, -0.15) is 0 Å². The highest BCUT2D eigenvalue weighted by atomic mass is 16.5. The van der Waals surface area contributed by atoms with Gasteiger partial charge in [0.25, 0.3) is 0 Å². The highest BCUT2D eigenvalue weighted by molar-refractivity contribution is 6.07. The minimum Gasteiger partial charge on any atom is -0.493 e. The number of nitrogens with one attached hydrogen (secondary N) is 2. The topological polar surface area (TPSA) is 72.1 Å². The third-order valence-corrected chi connectivity index (χ3v) is 4.16. The van der Waals surface area contributed by atoms with Crippen molar-refractivity contribution in [3.05, 3.63) is 48.2 Å². The number of hydrogen-bond acceptors (Lipinski definition) is 5. The summed E-state index contributed by atoms with van der Waals surface area (Å²) in [6, 6.07) is 13.7. The molecule has 0 atom stereocenters. The Morgan fingerprint density at radius 2 is 1.68 bits per heavy atom. The highest BCUT2D eigenvalue weighted by Crippen LogP contribution is 2.36. The molecule has 2 heterocycles. The molecular weight excluding hydrogens is 316 g/mol. The number of ether oxygens (including phenoxy) is 2. The van der Waals surface area contributed by atoms with Crippen LogP contribution < -0.4 is 14.8 Å². The summed E-state index contributed by atoms with van der Waals surface area (Å²) in [7, 11) is 3.25. The first kappa shape index (κ1) is 15.3. The maximum Gasteiger partial charge on any atom is 0.228 e. The monoisotopic (exact) mass is 334 g/mol. The van der Waals surface area contributed by atoms with Crippen LogP contribution in [0.3, 0.4) is 0 Å². The van der Waals surface area contributed by atoms with Crippen LogP contribution in [-0.4, -0.2) is 29.2 Å². The molecule has 4 rings (SSSR count). The second-order valence-corrected chi connectivity index (χ2v) is 5.73. The van der Waals surface area contributed by atoms with E-state index in [4.69, 9.17) is 14.5 Å². The van der Waals surface area contributed by atoms with E-state index in [1.54, 1.807) is 14.2 Å². The molecule has 0 fully saturated rings. The Labute approximate surface area is 144 Å². The van der Waals surface area contributed by atoms with Crippen LogP contribution in [0.5, 0.6) is 11.5 Å². The molecule has 0 spiro atoms. The van der Waals surface area contributed by atoms with Crippen LogP contribution in [0, 0.1) is 6.92 Å². The number of fused-ring (bicyclic) bond motifs is 3. The molecule has 2 aromatic heterocycles. The van der Waals surface area contributed by atoms with Gasteiger partial charge in [-0.25, -0.2) is 9.97 Å². The molecule has 0 aliphatic heterocycles. The van der Waals surface area contributed by atoms with Crippen molar-refractivity contribution in [2.45, 2.75) is 6.92 Å². The highest BCUT2D eigenvalue weighted by Gasteiger charge is 2.15. The lowest BCUT2D eigenvalue weighted by atomic mass is 10.2. The van der Waals surface area contributed by atoms with E-state index in [1.807, 2.05) is 49.4 Å². The van der Waals surface area contributed by atoms with Crippen molar-refractivity contribution >= 4 is 33.6 Å². The molecule has 0 radical (unpaired) electrons. The smallest absolute Gasteiger partial charge is 0.228 e. The predicted molar refractivity (Wildman–Crippen MR) is 99.0 cm³/mol. The van der Waals surface area contributed by atoms with E-state index >= 15 is 0 Å². The zero-order valence-electron chi connectivity index (χ0n) is 14.3. The summed E-state index contributed by atoms with van der Waals surface area (Å²) < 4.78 is 10.8. The number of aromatic nitrogens is 3. The van der Waals surface area contributed by atoms with E-state index in [-0.39, 0.29) is 0 Å². The molecule has 0 aliphatic carbocycles. The van der Waals surface area contributed by atoms with Gasteiger partial charge in [-0.05, 0) is 25.1 Å². The Bertz CT molecular complexity index is 1060. The Hall–Kier alpha value is -3.28. The fourth-order valence-electron chi connectivity index (χ4n) is 2.94. The largest absolute Gasteiger partial charge is 0.493 e. The van der Waals surface area contributed by atoms with E-state index in [2.05, 4.69) is 15.3 Å². The fourth-order valence-corrected chi connectivity index (χ4v) is 2.94. The second kappa shape index (κ2) is 5.98. The molecule has 2 N–H and O–H groups in total. The number of rotatable bonds is 4. The van der Waals surface area contributed by atoms with Crippen LogP contribution in [0.2, 0.25) is 0 Å². The molecule has 25 heavy (non-hydrogen) atoms. The average Bonchev–Trinajstić information content (AvgIpc) is 2.99. The van der Waals surface area contributed by atoms with Crippen LogP contribution in [0.4, 0.5) is 11.6 Å². The minimum absolute atomic E-state index is 0.562. The second-order valence-electron chi connectivity index (χ2n) is 5.73. The van der Waals surface area contributed by atoms with E-state index in [0.29, 0.717) is 17.4 Å². The van der Waals surface area contributed by atoms with Gasteiger partial charge in [0, 0.05) is 17.1 Å². The first-order valence-corrected chi connectivity index (χ1v) is 7.93. The van der Waals surface area contributed by atoms with Crippen molar-refractivity contribution in [2.24, 2.45) is 0 Å². The van der Waals surface area contributed by atoms with Crippen LogP contribution in [0.15, 0.2) is 42.5 Å². The molecule has 0 saturated carbocycles. The van der Waals surface area contributed by atoms with Crippen molar-refractivity contribution in [2.75, 3.05) is 19.5 Å². The van der Waals surface area contributed by atoms with Gasteiger partial charge in [0.2, 0.25) is 5.95 Å². The van der Waals surface area contributed by atoms with Gasteiger partial charge in [0.05, 0.1) is 30.9 Å². The quantitative estimate of drug-likeness (QED) is 0.586. The molecule has 0 aliphatic rings. The van der Waals surface area contributed by atoms with Gasteiger partial charge in [-0.15, -0.1) is 0 Å². The van der Waals surface area contributed by atoms with E-state index < -0.39 is 0 Å². The number of benzene rings is 2. The van der Waals surface area contributed by atoms with E-state index in [9.17, 15) is 0 Å². The maximum absolute atomic E-state index is 5.42. The third kappa shape index (κ3) is 2.61. The van der Waals surface area contributed by atoms with Gasteiger partial charge in [0.15, 0.2) is 11.5 Å². The average molecular weight is 334 g/mol. The van der Waals surface area contributed by atoms with E-state index in [1.165, 1.54) is 0 Å². The molecule has 0 bridgehead atoms. The summed E-state index contributed by atoms with van der Waals surface area (Å²) in [6.45, 7) is 1.96. The number of aryl methyl sites for hydroxylation is 1. The van der Waals surface area contributed by atoms with Crippen molar-refractivity contribution in [3.63, 3.8) is 0 Å². The molecule has 4 aromatic rings. The molecule has 0 unspecified atom stereocenters. The van der Waals surface area contributed by atoms with Crippen molar-refractivity contribution in [1.82, 2.24) is 15.0 Å². The molecular formula is C19H18N4O2. The maximum atomic E-state index is 5.42. The van der Waals surface area contributed by atoms with Gasteiger partial charge in [-0.3, -0.25) is 0 Å². The van der Waals surface area contributed by atoms with E-state index in [0.717, 1.165) is 33.3 Å². The first-order chi connectivity index (χ1) is 12.2. The molecule has 0 saturated heterocycles. The lowest BCUT2D eigenvalue weighted by molar-refractivity contribution is 0.356. The Morgan fingerprint density at radius 3 is 2.40 bits per heavy atom. The summed E-state index contributed by atoms with van der Waals surface area (Å²) in [5.74, 6) is 1.91. The van der Waals surface area contributed by atoms with Gasteiger partial charge in [-0.1, -0.05) is 18.2 Å². The lowest BCUT2D eigenvalue weighted by Gasteiger charge is -2.07. The normalized spacial score (nSPS) is 11.0. The first-order valence-electron chi connectivity index (χ1n) is 7.93. The van der Waals surface area contributed by atoms with Crippen LogP contribution >= 0.6 is 0 Å². The predicted octanol–water partition coefficient (Wildman–Crippen LogP) is 4.18. The standard InChI is InChI=1S/C19H18N4O2/c1-11-17-18(23-19(20-11)21-12-7-5-4-6-8-12)13-9-15(24-2)16(25-3)10-14(13)22-17/h4-10,22H,1-3H3,(H,20,21,23). The fraction of sp³-hybridized carbons (Fsp3) is 0.158. The zero-order valence-corrected chi connectivity index (χ0v) is 14.3. The van der Waals surface area contributed by atoms with Crippen molar-refractivity contribution < 1.29 is 9.47 Å². The SMILES string of the molecule is COc1cc2[nH]c3c(C)nc(Nc4ccccc4)nc3c2cc1OC. The number of H-pyrrole nitrogens is 1. The van der Waals surface area contributed by atoms with Crippen LogP contribution in [-0.2, 0) is 0 Å². The minimum atomic E-state index is 0.562. The third-order valence-electron chi connectivity index (χ3n) is 4.16. The summed E-state index contributed by atoms with van der Waals surface area (Å²) in [5, 5.41) is 4.22. The summed E-state index contributed by atoms with van der Waals surface area (Å²) >= 11 is 0. The molecule has 126 valence electrons. The molecule has 0 amide bonds. The summed E-state index contributed by atoms with van der Waals surface area (Å²) in [6.07, 6.45) is 0. The van der Waals surface area contributed by atoms with Crippen molar-refractivity contribution in [3.8, 4) is 11.5 Å². The van der Waals surface area contributed by atoms with Gasteiger partial charge < -0.3 is 19.8 Å². The number of methoxy groups -OCH3 is 2. The molecule has 6 heteroatoms. The number of aromatic amines is 1. The number of nitrogens with zero attached hydrogens (tertiary/aromatic N) is 2. The van der Waals surface area contributed by atoms with Crippen LogP contribution in [0.25, 0.3) is 21.9 Å². The number of anilines is 2. The number of hydrogen-bond donors (Lipinski definition) is 2. The Kier molecular flexibility index (Phi) is 3.65. The number of para-hydroxylation sites is 1. The van der Waals surface area contributed by atoms with Crippen LogP contribution in [0.1, 0.15) is 5.69 Å². The Morgan fingerprint density at radius 1 is 0.960 bits per heavy atom. The van der Waals surface area contributed by atoms with Gasteiger partial charge in [0.1, 0.15) is 5.52 Å².